The summed E-state index contributed by atoms with van der Waals surface area (Å²) in [4.78, 5) is 23.7. The van der Waals surface area contributed by atoms with Gasteiger partial charge in [-0.25, -0.2) is 4.39 Å². The maximum absolute atomic E-state index is 13.3. The van der Waals surface area contributed by atoms with Crippen LogP contribution in [0.5, 0.6) is 0 Å². The highest BCUT2D eigenvalue weighted by molar-refractivity contribution is 5.95. The van der Waals surface area contributed by atoms with Crippen LogP contribution in [-0.2, 0) is 0 Å². The number of aliphatic hydroxyl groups excluding tert-OH is 1. The molecule has 7 heteroatoms. The fourth-order valence-corrected chi connectivity index (χ4v) is 2.42. The molecule has 1 atom stereocenters. The zero-order chi connectivity index (χ0) is 14.7. The molecule has 6 nitrogen and oxygen atoms in total. The first-order chi connectivity index (χ1) is 9.51. The molecule has 0 radical (unpaired) electrons. The molecule has 1 aliphatic rings. The largest absolute Gasteiger partial charge is 0.396 e. The van der Waals surface area contributed by atoms with Crippen molar-refractivity contribution in [1.29, 1.82) is 0 Å². The first kappa shape index (κ1) is 14.4. The van der Waals surface area contributed by atoms with Gasteiger partial charge in [-0.3, -0.25) is 14.9 Å². The van der Waals surface area contributed by atoms with E-state index in [-0.39, 0.29) is 18.1 Å². The Morgan fingerprint density at radius 1 is 1.50 bits per heavy atom. The average Bonchev–Trinajstić information content (AvgIpc) is 2.86. The maximum Gasteiger partial charge on any atom is 0.273 e. The van der Waals surface area contributed by atoms with E-state index in [0.717, 1.165) is 24.6 Å². The number of hydrogen-bond donors (Lipinski definition) is 1. The van der Waals surface area contributed by atoms with Crippen LogP contribution in [0.1, 0.15) is 23.2 Å². The number of nitro groups is 1. The summed E-state index contributed by atoms with van der Waals surface area (Å²) < 4.78 is 13.3. The zero-order valence-electron chi connectivity index (χ0n) is 10.8. The molecule has 0 aliphatic carbocycles. The molecule has 20 heavy (non-hydrogen) atoms. The molecule has 1 amide bonds. The fraction of sp³-hybridized carbons (Fsp3) is 0.462. The quantitative estimate of drug-likeness (QED) is 0.671. The number of benzene rings is 1. The molecular weight excluding hydrogens is 267 g/mol. The van der Waals surface area contributed by atoms with E-state index < -0.39 is 22.3 Å². The molecule has 1 heterocycles. The summed E-state index contributed by atoms with van der Waals surface area (Å²) in [6.07, 6.45) is 1.40. The van der Waals surface area contributed by atoms with Crippen LogP contribution in [0.4, 0.5) is 10.1 Å². The molecule has 1 saturated heterocycles. The summed E-state index contributed by atoms with van der Waals surface area (Å²) >= 11 is 0. The molecule has 1 aliphatic heterocycles. The summed E-state index contributed by atoms with van der Waals surface area (Å²) in [6.45, 7) is 1.08. The normalized spacial score (nSPS) is 18.3. The van der Waals surface area contributed by atoms with Crippen molar-refractivity contribution >= 4 is 11.6 Å². The SMILES string of the molecule is O=C(c1cc(F)cc([N+](=O)[O-])c1)N1CCC(CCO)C1. The number of carbonyl (C=O) groups is 1. The van der Waals surface area contributed by atoms with Gasteiger partial charge in [0.2, 0.25) is 0 Å². The van der Waals surface area contributed by atoms with Crippen molar-refractivity contribution in [2.75, 3.05) is 19.7 Å². The number of non-ortho nitro benzene ring substituents is 1. The van der Waals surface area contributed by atoms with Gasteiger partial charge in [0, 0.05) is 31.3 Å². The van der Waals surface area contributed by atoms with E-state index in [9.17, 15) is 19.3 Å². The van der Waals surface area contributed by atoms with Crippen LogP contribution < -0.4 is 0 Å². The van der Waals surface area contributed by atoms with Crippen LogP contribution in [0, 0.1) is 21.8 Å². The monoisotopic (exact) mass is 282 g/mol. The average molecular weight is 282 g/mol. The molecule has 1 unspecified atom stereocenters. The smallest absolute Gasteiger partial charge is 0.273 e. The Balaban J connectivity index is 2.15. The Labute approximate surface area is 115 Å². The molecule has 0 bridgehead atoms. The molecule has 0 aromatic heterocycles. The van der Waals surface area contributed by atoms with E-state index in [0.29, 0.717) is 19.5 Å². The Morgan fingerprint density at radius 3 is 2.90 bits per heavy atom. The van der Waals surface area contributed by atoms with Crippen LogP contribution in [0.15, 0.2) is 18.2 Å². The topological polar surface area (TPSA) is 83.7 Å². The third-order valence-electron chi connectivity index (χ3n) is 3.45. The van der Waals surface area contributed by atoms with Gasteiger partial charge in [-0.1, -0.05) is 0 Å². The number of aliphatic hydroxyl groups is 1. The van der Waals surface area contributed by atoms with Gasteiger partial charge in [-0.15, -0.1) is 0 Å². The predicted molar refractivity (Wildman–Crippen MR) is 68.8 cm³/mol. The molecule has 0 spiro atoms. The standard InChI is InChI=1S/C13H15FN2O4/c14-11-5-10(6-12(7-11)16(19)20)13(18)15-3-1-9(8-15)2-4-17/h5-7,9,17H,1-4,8H2. The molecular formula is C13H15FN2O4. The highest BCUT2D eigenvalue weighted by Gasteiger charge is 2.27. The van der Waals surface area contributed by atoms with E-state index in [1.165, 1.54) is 0 Å². The summed E-state index contributed by atoms with van der Waals surface area (Å²) in [5, 5.41) is 19.5. The summed E-state index contributed by atoms with van der Waals surface area (Å²) in [5.41, 5.74) is -0.444. The third kappa shape index (κ3) is 3.11. The van der Waals surface area contributed by atoms with Crippen LogP contribution in [0.25, 0.3) is 0 Å². The van der Waals surface area contributed by atoms with E-state index >= 15 is 0 Å². The Morgan fingerprint density at radius 2 is 2.25 bits per heavy atom. The van der Waals surface area contributed by atoms with Gasteiger partial charge in [0.15, 0.2) is 0 Å². The highest BCUT2D eigenvalue weighted by Crippen LogP contribution is 2.23. The number of nitrogens with zero attached hydrogens (tertiary/aromatic N) is 2. The fourth-order valence-electron chi connectivity index (χ4n) is 2.42. The lowest BCUT2D eigenvalue weighted by atomic mass is 10.1. The minimum absolute atomic E-state index is 0.0126. The second-order valence-corrected chi connectivity index (χ2v) is 4.87. The summed E-state index contributed by atoms with van der Waals surface area (Å²) in [7, 11) is 0. The van der Waals surface area contributed by atoms with Gasteiger partial charge in [-0.2, -0.15) is 0 Å². The van der Waals surface area contributed by atoms with Crippen molar-refractivity contribution in [3.63, 3.8) is 0 Å². The van der Waals surface area contributed by atoms with Gasteiger partial charge < -0.3 is 10.0 Å². The van der Waals surface area contributed by atoms with E-state index in [1.807, 2.05) is 0 Å². The van der Waals surface area contributed by atoms with Crippen molar-refractivity contribution in [3.8, 4) is 0 Å². The van der Waals surface area contributed by atoms with Gasteiger partial charge in [0.1, 0.15) is 5.82 Å². The Bertz CT molecular complexity index is 535. The minimum atomic E-state index is -0.798. The molecule has 108 valence electrons. The van der Waals surface area contributed by atoms with Crippen LogP contribution in [0.2, 0.25) is 0 Å². The second kappa shape index (κ2) is 5.96. The molecule has 2 rings (SSSR count). The van der Waals surface area contributed by atoms with Gasteiger partial charge in [0.05, 0.1) is 11.0 Å². The van der Waals surface area contributed by atoms with Gasteiger partial charge >= 0.3 is 0 Å². The van der Waals surface area contributed by atoms with Crippen LogP contribution >= 0.6 is 0 Å². The number of rotatable bonds is 4. The molecule has 0 saturated carbocycles. The highest BCUT2D eigenvalue weighted by atomic mass is 19.1. The number of likely N-dealkylation sites (tertiary alicyclic amines) is 1. The van der Waals surface area contributed by atoms with E-state index in [2.05, 4.69) is 0 Å². The molecule has 1 fully saturated rings. The predicted octanol–water partition coefficient (Wildman–Crippen LogP) is 1.58. The number of halogens is 1. The van der Waals surface area contributed by atoms with Crippen molar-refractivity contribution in [2.24, 2.45) is 5.92 Å². The number of carbonyl (C=O) groups excluding carboxylic acids is 1. The van der Waals surface area contributed by atoms with Gasteiger partial charge in [0.25, 0.3) is 11.6 Å². The lowest BCUT2D eigenvalue weighted by molar-refractivity contribution is -0.385. The Kier molecular flexibility index (Phi) is 4.29. The number of nitro benzene ring substituents is 1. The van der Waals surface area contributed by atoms with E-state index in [1.54, 1.807) is 4.90 Å². The van der Waals surface area contributed by atoms with Crippen molar-refractivity contribution in [2.45, 2.75) is 12.8 Å². The summed E-state index contributed by atoms with van der Waals surface area (Å²) in [6, 6.07) is 2.88. The third-order valence-corrected chi connectivity index (χ3v) is 3.45. The Hall–Kier alpha value is -2.02. The lowest BCUT2D eigenvalue weighted by Gasteiger charge is -2.16. The maximum atomic E-state index is 13.3. The number of hydrogen-bond acceptors (Lipinski definition) is 4. The second-order valence-electron chi connectivity index (χ2n) is 4.87. The van der Waals surface area contributed by atoms with Crippen LogP contribution in [0.3, 0.4) is 0 Å². The van der Waals surface area contributed by atoms with Gasteiger partial charge in [-0.05, 0) is 24.8 Å². The van der Waals surface area contributed by atoms with E-state index in [4.69, 9.17) is 5.11 Å². The van der Waals surface area contributed by atoms with Crippen molar-refractivity contribution in [3.05, 3.63) is 39.7 Å². The minimum Gasteiger partial charge on any atom is -0.396 e. The molecule has 1 aromatic carbocycles. The summed E-state index contributed by atoms with van der Waals surface area (Å²) in [5.74, 6) is -0.978. The molecule has 1 aromatic rings. The van der Waals surface area contributed by atoms with Crippen molar-refractivity contribution in [1.82, 2.24) is 4.90 Å². The van der Waals surface area contributed by atoms with Crippen molar-refractivity contribution < 1.29 is 19.2 Å². The first-order valence-corrected chi connectivity index (χ1v) is 6.36. The zero-order valence-corrected chi connectivity index (χ0v) is 10.8. The lowest BCUT2D eigenvalue weighted by Crippen LogP contribution is -2.29. The van der Waals surface area contributed by atoms with Crippen LogP contribution in [-0.4, -0.2) is 40.5 Å². The number of amides is 1. The molecule has 1 N–H and O–H groups in total. The first-order valence-electron chi connectivity index (χ1n) is 6.36.